The molecule has 5 heteroatoms. The van der Waals surface area contributed by atoms with E-state index >= 15 is 0 Å². The first-order valence-electron chi connectivity index (χ1n) is 7.39. The van der Waals surface area contributed by atoms with Crippen LogP contribution in [-0.2, 0) is 0 Å². The van der Waals surface area contributed by atoms with Gasteiger partial charge in [0.25, 0.3) is 0 Å². The van der Waals surface area contributed by atoms with Crippen molar-refractivity contribution in [2.45, 2.75) is 0 Å². The van der Waals surface area contributed by atoms with Gasteiger partial charge in [-0.15, -0.1) is 0 Å². The van der Waals surface area contributed by atoms with Crippen molar-refractivity contribution in [3.05, 3.63) is 88.8 Å². The van der Waals surface area contributed by atoms with Crippen molar-refractivity contribution in [2.24, 2.45) is 0 Å². The number of furan rings is 1. The molecular formula is C20H12ClNO3. The molecule has 122 valence electrons. The number of carbonyl (C=O) groups is 1. The number of nitrogens with zero attached hydrogens (tertiary/aromatic N) is 1. The summed E-state index contributed by atoms with van der Waals surface area (Å²) < 4.78 is 10.2. The summed E-state index contributed by atoms with van der Waals surface area (Å²) in [6, 6.07) is 19.2. The van der Waals surface area contributed by atoms with Gasteiger partial charge in [-0.1, -0.05) is 35.9 Å². The van der Waals surface area contributed by atoms with E-state index in [-0.39, 0.29) is 5.76 Å². The highest BCUT2D eigenvalue weighted by atomic mass is 35.5. The third-order valence-corrected chi connectivity index (χ3v) is 3.65. The van der Waals surface area contributed by atoms with E-state index in [1.165, 1.54) is 12.3 Å². The Morgan fingerprint density at radius 3 is 2.40 bits per heavy atom. The summed E-state index contributed by atoms with van der Waals surface area (Å²) in [5.74, 6) is -0.0331. The Hall–Kier alpha value is -3.29. The average Bonchev–Trinajstić information content (AvgIpc) is 3.17. The Labute approximate surface area is 149 Å². The molecule has 0 atom stereocenters. The summed E-state index contributed by atoms with van der Waals surface area (Å²) in [6.07, 6.45) is 3.16. The maximum atomic E-state index is 11.8. The Morgan fingerprint density at radius 2 is 1.80 bits per heavy atom. The molecule has 4 nitrogen and oxygen atoms in total. The van der Waals surface area contributed by atoms with Gasteiger partial charge in [0, 0.05) is 5.02 Å². The van der Waals surface area contributed by atoms with Gasteiger partial charge >= 0.3 is 5.97 Å². The predicted molar refractivity (Wildman–Crippen MR) is 95.0 cm³/mol. The van der Waals surface area contributed by atoms with Crippen molar-refractivity contribution >= 4 is 29.2 Å². The van der Waals surface area contributed by atoms with Gasteiger partial charge in [0.2, 0.25) is 5.76 Å². The lowest BCUT2D eigenvalue weighted by molar-refractivity contribution is 0.0701. The lowest BCUT2D eigenvalue weighted by atomic mass is 10.0. The van der Waals surface area contributed by atoms with Crippen LogP contribution in [0.5, 0.6) is 5.75 Å². The number of allylic oxidation sites excluding steroid dienone is 1. The minimum atomic E-state index is -0.563. The number of benzene rings is 2. The van der Waals surface area contributed by atoms with Gasteiger partial charge < -0.3 is 9.15 Å². The lowest BCUT2D eigenvalue weighted by Crippen LogP contribution is -2.06. The normalized spacial score (nSPS) is 11.0. The zero-order valence-corrected chi connectivity index (χ0v) is 13.7. The molecule has 0 saturated carbocycles. The molecule has 3 rings (SSSR count). The van der Waals surface area contributed by atoms with Crippen molar-refractivity contribution in [3.63, 3.8) is 0 Å². The van der Waals surface area contributed by atoms with E-state index in [2.05, 4.69) is 6.07 Å². The molecule has 0 aliphatic carbocycles. The molecule has 1 heterocycles. The van der Waals surface area contributed by atoms with Crippen LogP contribution in [-0.4, -0.2) is 5.97 Å². The second-order valence-corrected chi connectivity index (χ2v) is 5.55. The fourth-order valence-electron chi connectivity index (χ4n) is 2.16. The summed E-state index contributed by atoms with van der Waals surface area (Å²) in [4.78, 5) is 11.8. The van der Waals surface area contributed by atoms with Crippen molar-refractivity contribution in [1.82, 2.24) is 0 Å². The lowest BCUT2D eigenvalue weighted by Gasteiger charge is -2.03. The van der Waals surface area contributed by atoms with Gasteiger partial charge in [0.05, 0.1) is 17.9 Å². The van der Waals surface area contributed by atoms with Gasteiger partial charge in [0.15, 0.2) is 0 Å². The van der Waals surface area contributed by atoms with E-state index in [1.807, 2.05) is 0 Å². The summed E-state index contributed by atoms with van der Waals surface area (Å²) >= 11 is 5.87. The van der Waals surface area contributed by atoms with E-state index in [9.17, 15) is 10.1 Å². The molecule has 0 fully saturated rings. The summed E-state index contributed by atoms with van der Waals surface area (Å²) in [6.45, 7) is 0. The highest BCUT2D eigenvalue weighted by Gasteiger charge is 2.11. The van der Waals surface area contributed by atoms with Crippen LogP contribution in [0.2, 0.25) is 5.02 Å². The number of ether oxygens (including phenoxy) is 1. The molecule has 0 saturated heterocycles. The standard InChI is InChI=1S/C20H12ClNO3/c21-17-7-5-15(6-8-17)16(13-22)12-14-3-9-18(10-4-14)25-20(23)19-2-1-11-24-19/h1-12H/b16-12-. The third-order valence-electron chi connectivity index (χ3n) is 3.40. The molecule has 0 unspecified atom stereocenters. The maximum Gasteiger partial charge on any atom is 0.379 e. The van der Waals surface area contributed by atoms with Crippen LogP contribution in [0.1, 0.15) is 21.7 Å². The van der Waals surface area contributed by atoms with Crippen molar-refractivity contribution in [2.75, 3.05) is 0 Å². The Bertz CT molecular complexity index is 934. The van der Waals surface area contributed by atoms with Crippen LogP contribution in [0.3, 0.4) is 0 Å². The summed E-state index contributed by atoms with van der Waals surface area (Å²) in [5, 5.41) is 9.97. The molecule has 0 radical (unpaired) electrons. The number of carbonyl (C=O) groups excluding carboxylic acids is 1. The maximum absolute atomic E-state index is 11.8. The minimum absolute atomic E-state index is 0.137. The first-order valence-corrected chi connectivity index (χ1v) is 7.77. The fourth-order valence-corrected chi connectivity index (χ4v) is 2.29. The fraction of sp³-hybridized carbons (Fsp3) is 0. The Balaban J connectivity index is 1.76. The number of hydrogen-bond acceptors (Lipinski definition) is 4. The average molecular weight is 350 g/mol. The molecular weight excluding hydrogens is 338 g/mol. The van der Waals surface area contributed by atoms with Crippen LogP contribution in [0, 0.1) is 11.3 Å². The molecule has 0 aliphatic heterocycles. The topological polar surface area (TPSA) is 63.2 Å². The number of nitriles is 1. The number of hydrogen-bond donors (Lipinski definition) is 0. The zero-order chi connectivity index (χ0) is 17.6. The van der Waals surface area contributed by atoms with Gasteiger partial charge in [-0.3, -0.25) is 0 Å². The number of rotatable bonds is 4. The Kier molecular flexibility index (Phi) is 4.98. The van der Waals surface area contributed by atoms with Gasteiger partial charge in [-0.2, -0.15) is 5.26 Å². The largest absolute Gasteiger partial charge is 0.457 e. The molecule has 25 heavy (non-hydrogen) atoms. The van der Waals surface area contributed by atoms with Crippen molar-refractivity contribution in [1.29, 1.82) is 5.26 Å². The van der Waals surface area contributed by atoms with Crippen molar-refractivity contribution in [3.8, 4) is 11.8 Å². The van der Waals surface area contributed by atoms with Gasteiger partial charge in [-0.25, -0.2) is 4.79 Å². The molecule has 0 aliphatic rings. The Morgan fingerprint density at radius 1 is 1.08 bits per heavy atom. The second kappa shape index (κ2) is 7.52. The molecule has 2 aromatic carbocycles. The summed E-state index contributed by atoms with van der Waals surface area (Å²) in [7, 11) is 0. The van der Waals surface area contributed by atoms with E-state index < -0.39 is 5.97 Å². The molecule has 0 bridgehead atoms. The van der Waals surface area contributed by atoms with Crippen LogP contribution >= 0.6 is 11.6 Å². The summed E-state index contributed by atoms with van der Waals surface area (Å²) in [5.41, 5.74) is 2.10. The van der Waals surface area contributed by atoms with Crippen molar-refractivity contribution < 1.29 is 13.9 Å². The first kappa shape index (κ1) is 16.6. The van der Waals surface area contributed by atoms with Crippen LogP contribution < -0.4 is 4.74 Å². The minimum Gasteiger partial charge on any atom is -0.457 e. The van der Waals surface area contributed by atoms with Gasteiger partial charge in [-0.05, 0) is 53.6 Å². The van der Waals surface area contributed by atoms with Crippen LogP contribution in [0.25, 0.3) is 11.6 Å². The second-order valence-electron chi connectivity index (χ2n) is 5.11. The highest BCUT2D eigenvalue weighted by Crippen LogP contribution is 2.21. The molecule has 0 N–H and O–H groups in total. The van der Waals surface area contributed by atoms with Crippen LogP contribution in [0.4, 0.5) is 0 Å². The zero-order valence-electron chi connectivity index (χ0n) is 13.0. The molecule has 0 spiro atoms. The predicted octanol–water partition coefficient (Wildman–Crippen LogP) is 5.22. The SMILES string of the molecule is N#C/C(=C/c1ccc(OC(=O)c2ccco2)cc1)c1ccc(Cl)cc1. The molecule has 3 aromatic rings. The van der Waals surface area contributed by atoms with E-state index in [4.69, 9.17) is 20.8 Å². The van der Waals surface area contributed by atoms with E-state index in [0.717, 1.165) is 11.1 Å². The third kappa shape index (κ3) is 4.17. The quantitative estimate of drug-likeness (QED) is 0.280. The smallest absolute Gasteiger partial charge is 0.379 e. The molecule has 0 amide bonds. The monoisotopic (exact) mass is 349 g/mol. The van der Waals surface area contributed by atoms with E-state index in [1.54, 1.807) is 60.7 Å². The molecule has 1 aromatic heterocycles. The highest BCUT2D eigenvalue weighted by molar-refractivity contribution is 6.30. The number of esters is 1. The van der Waals surface area contributed by atoms with E-state index in [0.29, 0.717) is 16.3 Å². The van der Waals surface area contributed by atoms with Gasteiger partial charge in [0.1, 0.15) is 5.75 Å². The van der Waals surface area contributed by atoms with Crippen LogP contribution in [0.15, 0.2) is 71.3 Å². The first-order chi connectivity index (χ1) is 12.2. The number of halogens is 1.